The van der Waals surface area contributed by atoms with E-state index in [4.69, 9.17) is 4.52 Å². The van der Waals surface area contributed by atoms with Crippen LogP contribution in [-0.4, -0.2) is 19.8 Å². The second kappa shape index (κ2) is 4.87. The normalized spacial score (nSPS) is 11.7. The van der Waals surface area contributed by atoms with Crippen LogP contribution in [0.25, 0.3) is 11.3 Å². The maximum atomic E-state index is 12.7. The largest absolute Gasteiger partial charge is 0.356 e. The van der Waals surface area contributed by atoms with Crippen LogP contribution in [0.2, 0.25) is 0 Å². The summed E-state index contributed by atoms with van der Waals surface area (Å²) in [7, 11) is -3.51. The molecule has 0 aliphatic rings. The highest BCUT2D eigenvalue weighted by atomic mass is 32.2. The molecule has 2 rings (SSSR count). The van der Waals surface area contributed by atoms with Gasteiger partial charge in [-0.15, -0.1) is 0 Å². The smallest absolute Gasteiger partial charge is 0.264 e. The fourth-order valence-corrected chi connectivity index (χ4v) is 1.63. The van der Waals surface area contributed by atoms with Crippen molar-refractivity contribution in [1.29, 1.82) is 0 Å². The molecule has 18 heavy (non-hydrogen) atoms. The maximum absolute atomic E-state index is 12.7. The summed E-state index contributed by atoms with van der Waals surface area (Å²) in [5.41, 5.74) is 0.995. The van der Waals surface area contributed by atoms with Crippen molar-refractivity contribution >= 4 is 10.1 Å². The highest BCUT2D eigenvalue weighted by molar-refractivity contribution is 7.85. The highest BCUT2D eigenvalue weighted by Crippen LogP contribution is 2.20. The molecule has 0 aliphatic heterocycles. The first-order valence-corrected chi connectivity index (χ1v) is 6.81. The number of nitrogens with zero attached hydrogens (tertiary/aromatic N) is 1. The third kappa shape index (κ3) is 3.38. The molecule has 0 saturated heterocycles. The van der Waals surface area contributed by atoms with Crippen LogP contribution in [0.3, 0.4) is 0 Å². The van der Waals surface area contributed by atoms with Gasteiger partial charge in [0, 0.05) is 11.6 Å². The monoisotopic (exact) mass is 271 g/mol. The Labute approximate surface area is 103 Å². The van der Waals surface area contributed by atoms with Gasteiger partial charge >= 0.3 is 0 Å². The Balaban J connectivity index is 2.13. The van der Waals surface area contributed by atoms with Crippen molar-refractivity contribution in [1.82, 2.24) is 5.16 Å². The second-order valence-electron chi connectivity index (χ2n) is 3.66. The lowest BCUT2D eigenvalue weighted by Gasteiger charge is -1.95. The minimum Gasteiger partial charge on any atom is -0.356 e. The second-order valence-corrected chi connectivity index (χ2v) is 5.30. The third-order valence-corrected chi connectivity index (χ3v) is 2.65. The molecule has 0 atom stereocenters. The first kappa shape index (κ1) is 12.7. The van der Waals surface area contributed by atoms with E-state index in [-0.39, 0.29) is 12.4 Å². The summed E-state index contributed by atoms with van der Waals surface area (Å²) in [6.45, 7) is -0.191. The summed E-state index contributed by atoms with van der Waals surface area (Å²) in [5.74, 6) is 0.0704. The Morgan fingerprint density at radius 2 is 2.00 bits per heavy atom. The predicted molar refractivity (Wildman–Crippen MR) is 61.5 cm³/mol. The van der Waals surface area contributed by atoms with Crippen LogP contribution in [-0.2, 0) is 20.9 Å². The van der Waals surface area contributed by atoms with Gasteiger partial charge in [0.05, 0.1) is 6.26 Å². The van der Waals surface area contributed by atoms with Crippen molar-refractivity contribution < 1.29 is 21.5 Å². The summed E-state index contributed by atoms with van der Waals surface area (Å²) >= 11 is 0. The highest BCUT2D eigenvalue weighted by Gasteiger charge is 2.09. The van der Waals surface area contributed by atoms with Crippen LogP contribution < -0.4 is 0 Å². The van der Waals surface area contributed by atoms with Crippen LogP contribution in [0.5, 0.6) is 0 Å². The Morgan fingerprint density at radius 3 is 2.61 bits per heavy atom. The first-order valence-electron chi connectivity index (χ1n) is 5.00. The summed E-state index contributed by atoms with van der Waals surface area (Å²) in [5, 5.41) is 3.66. The van der Waals surface area contributed by atoms with Crippen LogP contribution >= 0.6 is 0 Å². The molecule has 0 aliphatic carbocycles. The minimum atomic E-state index is -3.51. The first-order chi connectivity index (χ1) is 8.44. The van der Waals surface area contributed by atoms with Gasteiger partial charge < -0.3 is 4.52 Å². The average molecular weight is 271 g/mol. The van der Waals surface area contributed by atoms with Crippen molar-refractivity contribution in [2.75, 3.05) is 6.26 Å². The molecule has 0 saturated carbocycles. The quantitative estimate of drug-likeness (QED) is 0.795. The van der Waals surface area contributed by atoms with Gasteiger partial charge in [-0.3, -0.25) is 4.18 Å². The van der Waals surface area contributed by atoms with E-state index >= 15 is 0 Å². The van der Waals surface area contributed by atoms with E-state index in [9.17, 15) is 12.8 Å². The Bertz CT molecular complexity index is 633. The van der Waals surface area contributed by atoms with Crippen LogP contribution in [0.4, 0.5) is 4.39 Å². The number of hydrogen-bond acceptors (Lipinski definition) is 5. The molecule has 96 valence electrons. The molecule has 7 heteroatoms. The molecule has 2 aromatic rings. The van der Waals surface area contributed by atoms with E-state index in [0.717, 1.165) is 6.26 Å². The average Bonchev–Trinajstić information content (AvgIpc) is 2.75. The predicted octanol–water partition coefficient (Wildman–Crippen LogP) is 1.96. The fourth-order valence-electron chi connectivity index (χ4n) is 1.30. The Kier molecular flexibility index (Phi) is 3.44. The zero-order valence-electron chi connectivity index (χ0n) is 9.46. The number of rotatable bonds is 4. The van der Waals surface area contributed by atoms with Gasteiger partial charge in [-0.1, -0.05) is 5.16 Å². The SMILES string of the molecule is CS(=O)(=O)OCc1cc(-c2ccc(F)cc2)on1. The van der Waals surface area contributed by atoms with E-state index < -0.39 is 10.1 Å². The molecule has 1 aromatic heterocycles. The molecule has 0 radical (unpaired) electrons. The number of hydrogen-bond donors (Lipinski definition) is 0. The van der Waals surface area contributed by atoms with Crippen LogP contribution in [0.1, 0.15) is 5.69 Å². The van der Waals surface area contributed by atoms with E-state index in [1.165, 1.54) is 24.3 Å². The summed E-state index contributed by atoms with van der Waals surface area (Å²) < 4.78 is 43.9. The third-order valence-electron chi connectivity index (χ3n) is 2.11. The Hall–Kier alpha value is -1.73. The van der Waals surface area contributed by atoms with Crippen molar-refractivity contribution in [2.24, 2.45) is 0 Å². The molecule has 0 spiro atoms. The molecule has 0 amide bonds. The van der Waals surface area contributed by atoms with Gasteiger partial charge in [0.25, 0.3) is 10.1 Å². The van der Waals surface area contributed by atoms with E-state index in [0.29, 0.717) is 17.0 Å². The molecular weight excluding hydrogens is 261 g/mol. The fraction of sp³-hybridized carbons (Fsp3) is 0.182. The lowest BCUT2D eigenvalue weighted by Crippen LogP contribution is -2.02. The zero-order chi connectivity index (χ0) is 13.2. The van der Waals surface area contributed by atoms with Crippen molar-refractivity contribution in [2.45, 2.75) is 6.61 Å². The molecule has 1 aromatic carbocycles. The molecular formula is C11H10FNO4S. The van der Waals surface area contributed by atoms with Gasteiger partial charge in [0.1, 0.15) is 18.1 Å². The molecule has 1 heterocycles. The molecule has 0 N–H and O–H groups in total. The van der Waals surface area contributed by atoms with Crippen LogP contribution in [0, 0.1) is 5.82 Å². The molecule has 0 bridgehead atoms. The van der Waals surface area contributed by atoms with E-state index in [1.807, 2.05) is 0 Å². The summed E-state index contributed by atoms with van der Waals surface area (Å²) in [6, 6.07) is 7.21. The van der Waals surface area contributed by atoms with Crippen molar-refractivity contribution in [3.63, 3.8) is 0 Å². The van der Waals surface area contributed by atoms with Crippen LogP contribution in [0.15, 0.2) is 34.9 Å². The lowest BCUT2D eigenvalue weighted by molar-refractivity contribution is 0.296. The lowest BCUT2D eigenvalue weighted by atomic mass is 10.1. The summed E-state index contributed by atoms with van der Waals surface area (Å²) in [4.78, 5) is 0. The van der Waals surface area contributed by atoms with Gasteiger partial charge in [-0.2, -0.15) is 8.42 Å². The van der Waals surface area contributed by atoms with Gasteiger partial charge in [0.15, 0.2) is 5.76 Å². The minimum absolute atomic E-state index is 0.191. The van der Waals surface area contributed by atoms with Crippen molar-refractivity contribution in [3.8, 4) is 11.3 Å². The molecule has 5 nitrogen and oxygen atoms in total. The maximum Gasteiger partial charge on any atom is 0.264 e. The number of aromatic nitrogens is 1. The zero-order valence-corrected chi connectivity index (χ0v) is 10.3. The summed E-state index contributed by atoms with van der Waals surface area (Å²) in [6.07, 6.45) is 0.952. The topological polar surface area (TPSA) is 69.4 Å². The number of halogens is 1. The number of benzene rings is 1. The van der Waals surface area contributed by atoms with E-state index in [2.05, 4.69) is 9.34 Å². The standard InChI is InChI=1S/C11H10FNO4S/c1-18(14,15)16-7-10-6-11(17-13-10)8-2-4-9(12)5-3-8/h2-6H,7H2,1H3. The molecule has 0 fully saturated rings. The molecule has 0 unspecified atom stereocenters. The van der Waals surface area contributed by atoms with Gasteiger partial charge in [-0.25, -0.2) is 4.39 Å². The van der Waals surface area contributed by atoms with Gasteiger partial charge in [-0.05, 0) is 24.3 Å². The van der Waals surface area contributed by atoms with Crippen molar-refractivity contribution in [3.05, 3.63) is 41.8 Å². The Morgan fingerprint density at radius 1 is 1.33 bits per heavy atom. The van der Waals surface area contributed by atoms with Gasteiger partial charge in [0.2, 0.25) is 0 Å². The van der Waals surface area contributed by atoms with E-state index in [1.54, 1.807) is 6.07 Å².